The van der Waals surface area contributed by atoms with E-state index in [2.05, 4.69) is 30.8 Å². The first-order valence-corrected chi connectivity index (χ1v) is 7.65. The SMILES string of the molecule is CCNCc1c(CC)nn(-c2ccc(Cl)cc2)c1CC. The smallest absolute Gasteiger partial charge is 0.0674 e. The number of nitrogens with zero attached hydrogens (tertiary/aromatic N) is 2. The van der Waals surface area contributed by atoms with E-state index in [4.69, 9.17) is 16.7 Å². The molecule has 0 aliphatic carbocycles. The zero-order valence-electron chi connectivity index (χ0n) is 12.4. The fourth-order valence-electron chi connectivity index (χ4n) is 2.43. The van der Waals surface area contributed by atoms with Crippen molar-refractivity contribution in [1.82, 2.24) is 15.1 Å². The number of halogens is 1. The fraction of sp³-hybridized carbons (Fsp3) is 0.438. The van der Waals surface area contributed by atoms with Crippen LogP contribution in [-0.2, 0) is 19.4 Å². The van der Waals surface area contributed by atoms with E-state index < -0.39 is 0 Å². The van der Waals surface area contributed by atoms with Crippen molar-refractivity contribution in [3.8, 4) is 5.69 Å². The van der Waals surface area contributed by atoms with Crippen LogP contribution in [0.5, 0.6) is 0 Å². The maximum absolute atomic E-state index is 5.97. The highest BCUT2D eigenvalue weighted by atomic mass is 35.5. The highest BCUT2D eigenvalue weighted by molar-refractivity contribution is 6.30. The molecule has 2 aromatic rings. The number of rotatable bonds is 6. The Morgan fingerprint density at radius 3 is 2.35 bits per heavy atom. The molecule has 0 atom stereocenters. The lowest BCUT2D eigenvalue weighted by atomic mass is 10.1. The van der Waals surface area contributed by atoms with Crippen LogP contribution >= 0.6 is 11.6 Å². The van der Waals surface area contributed by atoms with Crippen LogP contribution in [0.15, 0.2) is 24.3 Å². The van der Waals surface area contributed by atoms with Gasteiger partial charge in [0.1, 0.15) is 0 Å². The Balaban J connectivity index is 2.47. The first-order valence-electron chi connectivity index (χ1n) is 7.27. The van der Waals surface area contributed by atoms with E-state index in [1.807, 2.05) is 24.3 Å². The molecular weight excluding hydrogens is 270 g/mol. The molecule has 1 aromatic heterocycles. The van der Waals surface area contributed by atoms with Crippen molar-refractivity contribution in [3.63, 3.8) is 0 Å². The Labute approximate surface area is 126 Å². The van der Waals surface area contributed by atoms with E-state index in [-0.39, 0.29) is 0 Å². The van der Waals surface area contributed by atoms with Gasteiger partial charge in [0.15, 0.2) is 0 Å². The lowest BCUT2D eigenvalue weighted by Gasteiger charge is -2.08. The van der Waals surface area contributed by atoms with E-state index in [0.29, 0.717) is 0 Å². The summed E-state index contributed by atoms with van der Waals surface area (Å²) in [4.78, 5) is 0. The van der Waals surface area contributed by atoms with E-state index in [0.717, 1.165) is 36.6 Å². The average Bonchev–Trinajstić information content (AvgIpc) is 2.83. The molecule has 0 aliphatic heterocycles. The standard InChI is InChI=1S/C16H22ClN3/c1-4-15-14(11-18-6-3)16(5-2)20(19-15)13-9-7-12(17)8-10-13/h7-10,18H,4-6,11H2,1-3H3. The number of nitrogens with one attached hydrogen (secondary N) is 1. The van der Waals surface area contributed by atoms with E-state index in [9.17, 15) is 0 Å². The quantitative estimate of drug-likeness (QED) is 0.878. The van der Waals surface area contributed by atoms with Gasteiger partial charge in [0.2, 0.25) is 0 Å². The van der Waals surface area contributed by atoms with E-state index in [1.54, 1.807) is 0 Å². The van der Waals surface area contributed by atoms with Crippen LogP contribution in [0.2, 0.25) is 5.02 Å². The minimum atomic E-state index is 0.752. The van der Waals surface area contributed by atoms with Crippen molar-refractivity contribution in [2.45, 2.75) is 40.2 Å². The van der Waals surface area contributed by atoms with Crippen molar-refractivity contribution < 1.29 is 0 Å². The second-order valence-electron chi connectivity index (χ2n) is 4.75. The molecule has 0 radical (unpaired) electrons. The van der Waals surface area contributed by atoms with Gasteiger partial charge in [-0.15, -0.1) is 0 Å². The molecule has 0 unspecified atom stereocenters. The summed E-state index contributed by atoms with van der Waals surface area (Å²) in [5.41, 5.74) is 4.87. The summed E-state index contributed by atoms with van der Waals surface area (Å²) in [6.07, 6.45) is 1.92. The third-order valence-electron chi connectivity index (χ3n) is 3.47. The molecule has 1 aromatic carbocycles. The Morgan fingerprint density at radius 2 is 1.80 bits per heavy atom. The molecule has 1 N–H and O–H groups in total. The molecule has 4 heteroatoms. The Kier molecular flexibility index (Phi) is 5.21. The zero-order valence-corrected chi connectivity index (χ0v) is 13.2. The second-order valence-corrected chi connectivity index (χ2v) is 5.18. The van der Waals surface area contributed by atoms with Gasteiger partial charge in [-0.1, -0.05) is 32.4 Å². The van der Waals surface area contributed by atoms with E-state index >= 15 is 0 Å². The fourth-order valence-corrected chi connectivity index (χ4v) is 2.56. The number of benzene rings is 1. The summed E-state index contributed by atoms with van der Waals surface area (Å²) in [5.74, 6) is 0. The van der Waals surface area contributed by atoms with Crippen LogP contribution < -0.4 is 5.32 Å². The molecule has 0 spiro atoms. The van der Waals surface area contributed by atoms with Gasteiger partial charge in [-0.25, -0.2) is 4.68 Å². The summed E-state index contributed by atoms with van der Waals surface area (Å²) in [5, 5.41) is 8.95. The first kappa shape index (κ1) is 15.1. The van der Waals surface area contributed by atoms with Crippen LogP contribution in [0, 0.1) is 0 Å². The normalized spacial score (nSPS) is 11.0. The Hall–Kier alpha value is -1.32. The minimum absolute atomic E-state index is 0.752. The minimum Gasteiger partial charge on any atom is -0.313 e. The zero-order chi connectivity index (χ0) is 14.5. The average molecular weight is 292 g/mol. The third kappa shape index (κ3) is 3.05. The third-order valence-corrected chi connectivity index (χ3v) is 3.72. The van der Waals surface area contributed by atoms with Crippen molar-refractivity contribution in [2.24, 2.45) is 0 Å². The van der Waals surface area contributed by atoms with Crippen molar-refractivity contribution in [1.29, 1.82) is 0 Å². The molecule has 0 saturated heterocycles. The molecule has 20 heavy (non-hydrogen) atoms. The van der Waals surface area contributed by atoms with Gasteiger partial charge in [0, 0.05) is 22.8 Å². The molecular formula is C16H22ClN3. The predicted octanol–water partition coefficient (Wildman–Crippen LogP) is 3.76. The molecule has 0 aliphatic rings. The lowest BCUT2D eigenvalue weighted by molar-refractivity contribution is 0.712. The van der Waals surface area contributed by atoms with Crippen LogP contribution in [0.25, 0.3) is 5.69 Å². The predicted molar refractivity (Wildman–Crippen MR) is 84.7 cm³/mol. The van der Waals surface area contributed by atoms with Crippen LogP contribution in [0.3, 0.4) is 0 Å². The van der Waals surface area contributed by atoms with Gasteiger partial charge in [-0.05, 0) is 43.7 Å². The van der Waals surface area contributed by atoms with Crippen molar-refractivity contribution >= 4 is 11.6 Å². The van der Waals surface area contributed by atoms with Crippen LogP contribution in [0.1, 0.15) is 37.7 Å². The second kappa shape index (κ2) is 6.91. The van der Waals surface area contributed by atoms with Crippen LogP contribution in [0.4, 0.5) is 0 Å². The lowest BCUT2D eigenvalue weighted by Crippen LogP contribution is -2.14. The molecule has 1 heterocycles. The summed E-state index contributed by atoms with van der Waals surface area (Å²) in [6, 6.07) is 7.86. The molecule has 108 valence electrons. The first-order chi connectivity index (χ1) is 9.71. The van der Waals surface area contributed by atoms with Crippen molar-refractivity contribution in [3.05, 3.63) is 46.2 Å². The summed E-state index contributed by atoms with van der Waals surface area (Å²) < 4.78 is 2.06. The Morgan fingerprint density at radius 1 is 1.10 bits per heavy atom. The maximum Gasteiger partial charge on any atom is 0.0674 e. The van der Waals surface area contributed by atoms with Gasteiger partial charge in [-0.2, -0.15) is 5.10 Å². The van der Waals surface area contributed by atoms with Crippen molar-refractivity contribution in [2.75, 3.05) is 6.54 Å². The van der Waals surface area contributed by atoms with Gasteiger partial charge in [0.05, 0.1) is 11.4 Å². The highest BCUT2D eigenvalue weighted by Gasteiger charge is 2.15. The highest BCUT2D eigenvalue weighted by Crippen LogP contribution is 2.21. The molecule has 0 amide bonds. The van der Waals surface area contributed by atoms with Gasteiger partial charge >= 0.3 is 0 Å². The van der Waals surface area contributed by atoms with E-state index in [1.165, 1.54) is 17.0 Å². The summed E-state index contributed by atoms with van der Waals surface area (Å²) in [7, 11) is 0. The maximum atomic E-state index is 5.97. The molecule has 0 bridgehead atoms. The van der Waals surface area contributed by atoms with Gasteiger partial charge in [0.25, 0.3) is 0 Å². The number of aryl methyl sites for hydroxylation is 1. The molecule has 2 rings (SSSR count). The summed E-state index contributed by atoms with van der Waals surface area (Å²) >= 11 is 5.97. The monoisotopic (exact) mass is 291 g/mol. The van der Waals surface area contributed by atoms with Gasteiger partial charge in [-0.3, -0.25) is 0 Å². The topological polar surface area (TPSA) is 29.9 Å². The van der Waals surface area contributed by atoms with Gasteiger partial charge < -0.3 is 5.32 Å². The molecule has 3 nitrogen and oxygen atoms in total. The number of hydrogen-bond acceptors (Lipinski definition) is 2. The molecule has 0 fully saturated rings. The van der Waals surface area contributed by atoms with Crippen LogP contribution in [-0.4, -0.2) is 16.3 Å². The number of hydrogen-bond donors (Lipinski definition) is 1. The largest absolute Gasteiger partial charge is 0.313 e. The molecule has 0 saturated carbocycles. The number of aromatic nitrogens is 2. The Bertz CT molecular complexity index is 558. The summed E-state index contributed by atoms with van der Waals surface area (Å²) in [6.45, 7) is 8.32.